The summed E-state index contributed by atoms with van der Waals surface area (Å²) in [6.45, 7) is 3.98. The van der Waals surface area contributed by atoms with E-state index in [9.17, 15) is 9.59 Å². The highest BCUT2D eigenvalue weighted by Crippen LogP contribution is 2.13. The number of benzene rings is 1. The van der Waals surface area contributed by atoms with Crippen LogP contribution >= 0.6 is 0 Å². The van der Waals surface area contributed by atoms with Crippen LogP contribution in [0.15, 0.2) is 30.3 Å². The third-order valence-electron chi connectivity index (χ3n) is 3.33. The molecule has 1 rings (SSSR count). The van der Waals surface area contributed by atoms with E-state index in [0.717, 1.165) is 31.2 Å². The smallest absolute Gasteiger partial charge is 0.316 e. The fraction of sp³-hybridized carbons (Fsp3) is 0.529. The number of esters is 1. The van der Waals surface area contributed by atoms with Crippen LogP contribution in [0.5, 0.6) is 0 Å². The predicted octanol–water partition coefficient (Wildman–Crippen LogP) is 3.56. The van der Waals surface area contributed by atoms with Gasteiger partial charge in [-0.3, -0.25) is 9.59 Å². The van der Waals surface area contributed by atoms with Crippen LogP contribution in [0.4, 0.5) is 0 Å². The van der Waals surface area contributed by atoms with Crippen LogP contribution in [0.3, 0.4) is 0 Å². The molecule has 0 aliphatic rings. The van der Waals surface area contributed by atoms with E-state index in [2.05, 4.69) is 6.92 Å². The highest BCUT2D eigenvalue weighted by molar-refractivity contribution is 5.97. The summed E-state index contributed by atoms with van der Waals surface area (Å²) >= 11 is 0. The van der Waals surface area contributed by atoms with Gasteiger partial charge in [0.2, 0.25) is 0 Å². The van der Waals surface area contributed by atoms with Crippen LogP contribution in [0.2, 0.25) is 0 Å². The lowest BCUT2D eigenvalue weighted by Crippen LogP contribution is -2.25. The number of ether oxygens (including phenoxy) is 1. The van der Waals surface area contributed by atoms with Gasteiger partial charge in [0.05, 0.1) is 6.61 Å². The van der Waals surface area contributed by atoms with Gasteiger partial charge in [-0.05, 0) is 31.7 Å². The van der Waals surface area contributed by atoms with Crippen molar-refractivity contribution < 1.29 is 14.3 Å². The Morgan fingerprint density at radius 1 is 1.15 bits per heavy atom. The molecule has 1 atom stereocenters. The second-order valence-electron chi connectivity index (χ2n) is 5.06. The van der Waals surface area contributed by atoms with E-state index < -0.39 is 5.92 Å². The van der Waals surface area contributed by atoms with Crippen molar-refractivity contribution in [2.75, 3.05) is 6.61 Å². The van der Waals surface area contributed by atoms with Gasteiger partial charge in [-0.1, -0.05) is 50.1 Å². The summed E-state index contributed by atoms with van der Waals surface area (Å²) in [7, 11) is 0. The fourth-order valence-electron chi connectivity index (χ4n) is 2.07. The Labute approximate surface area is 121 Å². The normalized spacial score (nSPS) is 11.9. The number of ketones is 1. The molecule has 0 amide bonds. The van der Waals surface area contributed by atoms with Crippen molar-refractivity contribution in [3.05, 3.63) is 35.9 Å². The quantitative estimate of drug-likeness (QED) is 0.393. The Bertz CT molecular complexity index is 412. The second kappa shape index (κ2) is 9.29. The van der Waals surface area contributed by atoms with Gasteiger partial charge in [-0.25, -0.2) is 0 Å². The molecular formula is C17H24O3. The summed E-state index contributed by atoms with van der Waals surface area (Å²) in [5.41, 5.74) is 1.14. The van der Waals surface area contributed by atoms with Crippen molar-refractivity contribution in [3.8, 4) is 0 Å². The lowest BCUT2D eigenvalue weighted by atomic mass is 9.96. The van der Waals surface area contributed by atoms with E-state index in [1.54, 1.807) is 0 Å². The van der Waals surface area contributed by atoms with Crippen LogP contribution < -0.4 is 0 Å². The Hall–Kier alpha value is -1.64. The summed E-state index contributed by atoms with van der Waals surface area (Å²) in [6, 6.07) is 9.88. The summed E-state index contributed by atoms with van der Waals surface area (Å²) in [4.78, 5) is 23.5. The zero-order valence-corrected chi connectivity index (χ0v) is 12.4. The molecule has 110 valence electrons. The molecule has 1 aromatic carbocycles. The summed E-state index contributed by atoms with van der Waals surface area (Å²) < 4.78 is 5.20. The first-order valence-corrected chi connectivity index (χ1v) is 7.36. The Balaban J connectivity index is 2.43. The SMILES string of the molecule is CCCCCOC(=O)C(CCc1ccccc1)C(C)=O. The third kappa shape index (κ3) is 6.00. The van der Waals surface area contributed by atoms with Crippen molar-refractivity contribution in [1.82, 2.24) is 0 Å². The molecule has 0 N–H and O–H groups in total. The molecule has 0 heterocycles. The maximum atomic E-state index is 11.9. The molecule has 0 aliphatic carbocycles. The first-order chi connectivity index (χ1) is 9.65. The van der Waals surface area contributed by atoms with Crippen LogP contribution in [-0.4, -0.2) is 18.4 Å². The van der Waals surface area contributed by atoms with Crippen LogP contribution in [0, 0.1) is 5.92 Å². The number of hydrogen-bond acceptors (Lipinski definition) is 3. The van der Waals surface area contributed by atoms with E-state index in [1.165, 1.54) is 6.92 Å². The van der Waals surface area contributed by atoms with Crippen molar-refractivity contribution in [1.29, 1.82) is 0 Å². The minimum atomic E-state index is -0.628. The van der Waals surface area contributed by atoms with Crippen LogP contribution in [-0.2, 0) is 20.7 Å². The summed E-state index contributed by atoms with van der Waals surface area (Å²) in [5, 5.41) is 0. The van der Waals surface area contributed by atoms with E-state index >= 15 is 0 Å². The van der Waals surface area contributed by atoms with Crippen molar-refractivity contribution >= 4 is 11.8 Å². The van der Waals surface area contributed by atoms with E-state index in [-0.39, 0.29) is 11.8 Å². The average molecular weight is 276 g/mol. The molecule has 0 saturated heterocycles. The fourth-order valence-corrected chi connectivity index (χ4v) is 2.07. The van der Waals surface area contributed by atoms with E-state index in [4.69, 9.17) is 4.74 Å². The molecule has 0 spiro atoms. The predicted molar refractivity (Wildman–Crippen MR) is 79.4 cm³/mol. The number of unbranched alkanes of at least 4 members (excludes halogenated alkanes) is 2. The molecule has 0 bridgehead atoms. The molecule has 0 aliphatic heterocycles. The Morgan fingerprint density at radius 2 is 1.85 bits per heavy atom. The maximum Gasteiger partial charge on any atom is 0.316 e. The average Bonchev–Trinajstić information content (AvgIpc) is 2.44. The van der Waals surface area contributed by atoms with Gasteiger partial charge in [0, 0.05) is 0 Å². The molecule has 1 aromatic rings. The van der Waals surface area contributed by atoms with Gasteiger partial charge in [0.25, 0.3) is 0 Å². The molecular weight excluding hydrogens is 252 g/mol. The Kier molecular flexibility index (Phi) is 7.63. The van der Waals surface area contributed by atoms with Gasteiger partial charge in [0.15, 0.2) is 0 Å². The van der Waals surface area contributed by atoms with Gasteiger partial charge >= 0.3 is 5.97 Å². The summed E-state index contributed by atoms with van der Waals surface area (Å²) in [6.07, 6.45) is 4.23. The number of carbonyl (C=O) groups is 2. The molecule has 20 heavy (non-hydrogen) atoms. The minimum Gasteiger partial charge on any atom is -0.465 e. The highest BCUT2D eigenvalue weighted by atomic mass is 16.5. The van der Waals surface area contributed by atoms with Crippen molar-refractivity contribution in [2.45, 2.75) is 46.0 Å². The van der Waals surface area contributed by atoms with Crippen LogP contribution in [0.1, 0.15) is 45.1 Å². The molecule has 3 nitrogen and oxygen atoms in total. The van der Waals surface area contributed by atoms with E-state index in [1.807, 2.05) is 30.3 Å². The monoisotopic (exact) mass is 276 g/mol. The maximum absolute atomic E-state index is 11.9. The molecule has 1 unspecified atom stereocenters. The molecule has 0 radical (unpaired) electrons. The lowest BCUT2D eigenvalue weighted by Gasteiger charge is -2.13. The molecule has 0 aromatic heterocycles. The Morgan fingerprint density at radius 3 is 2.45 bits per heavy atom. The first kappa shape index (κ1) is 16.4. The largest absolute Gasteiger partial charge is 0.465 e. The minimum absolute atomic E-state index is 0.110. The van der Waals surface area contributed by atoms with Gasteiger partial charge in [-0.15, -0.1) is 0 Å². The number of Topliss-reactive ketones (excluding diaryl/α,β-unsaturated/α-hetero) is 1. The van der Waals surface area contributed by atoms with Crippen LogP contribution in [0.25, 0.3) is 0 Å². The number of carbonyl (C=O) groups excluding carboxylic acids is 2. The first-order valence-electron chi connectivity index (χ1n) is 7.36. The zero-order chi connectivity index (χ0) is 14.8. The van der Waals surface area contributed by atoms with Crippen molar-refractivity contribution in [3.63, 3.8) is 0 Å². The van der Waals surface area contributed by atoms with Gasteiger partial charge < -0.3 is 4.74 Å². The highest BCUT2D eigenvalue weighted by Gasteiger charge is 2.24. The van der Waals surface area contributed by atoms with Crippen molar-refractivity contribution in [2.24, 2.45) is 5.92 Å². The van der Waals surface area contributed by atoms with Gasteiger partial charge in [-0.2, -0.15) is 0 Å². The number of rotatable bonds is 9. The third-order valence-corrected chi connectivity index (χ3v) is 3.33. The van der Waals surface area contributed by atoms with E-state index in [0.29, 0.717) is 13.0 Å². The molecule has 3 heteroatoms. The molecule has 0 saturated carbocycles. The number of aryl methyl sites for hydroxylation is 1. The standard InChI is InChI=1S/C17H24O3/c1-3-4-8-13-20-17(19)16(14(2)18)12-11-15-9-6-5-7-10-15/h5-7,9-10,16H,3-4,8,11-13H2,1-2H3. The molecule has 0 fully saturated rings. The number of hydrogen-bond donors (Lipinski definition) is 0. The summed E-state index contributed by atoms with van der Waals surface area (Å²) in [5.74, 6) is -1.11. The van der Waals surface area contributed by atoms with Gasteiger partial charge in [0.1, 0.15) is 11.7 Å². The zero-order valence-electron chi connectivity index (χ0n) is 12.4. The lowest BCUT2D eigenvalue weighted by molar-refractivity contribution is -0.151. The topological polar surface area (TPSA) is 43.4 Å². The second-order valence-corrected chi connectivity index (χ2v) is 5.06.